The van der Waals surface area contributed by atoms with E-state index in [1.54, 1.807) is 77.6 Å². The second kappa shape index (κ2) is 7.78. The van der Waals surface area contributed by atoms with Crippen molar-refractivity contribution in [3.8, 4) is 17.2 Å². The molecule has 0 bridgehead atoms. The van der Waals surface area contributed by atoms with Crippen LogP contribution in [0.1, 0.15) is 11.1 Å². The first kappa shape index (κ1) is 21.1. The molecule has 0 amide bonds. The van der Waals surface area contributed by atoms with Crippen molar-refractivity contribution in [3.05, 3.63) is 108 Å². The van der Waals surface area contributed by atoms with Crippen LogP contribution in [0.4, 0.5) is 5.69 Å². The third-order valence-corrected chi connectivity index (χ3v) is 7.73. The van der Waals surface area contributed by atoms with Gasteiger partial charge in [0.1, 0.15) is 0 Å². The van der Waals surface area contributed by atoms with Crippen molar-refractivity contribution in [1.29, 1.82) is 0 Å². The lowest BCUT2D eigenvalue weighted by molar-refractivity contribution is -0.132. The molecular weight excluding hydrogens is 468 g/mol. The highest BCUT2D eigenvalue weighted by Gasteiger charge is 2.42. The molecule has 9 heteroatoms. The van der Waals surface area contributed by atoms with Crippen molar-refractivity contribution < 1.29 is 27.8 Å². The highest BCUT2D eigenvalue weighted by molar-refractivity contribution is 7.93. The second-order valence-electron chi connectivity index (χ2n) is 7.94. The van der Waals surface area contributed by atoms with Crippen LogP contribution in [-0.2, 0) is 14.8 Å². The zero-order valence-corrected chi connectivity index (χ0v) is 19.0. The standard InChI is InChI=1S/C26H18N2O6S/c29-26(30)25-24(17-11-12-21-22(15-17)34-16-33-21)18-7-1-4-10-23(18)35(31,32)28(25)20-9-3-2-8-19(20)27-13-5-6-14-27/h1-15H,16H2,(H,29,30). The van der Waals surface area contributed by atoms with Crippen LogP contribution in [0, 0.1) is 0 Å². The number of aliphatic carboxylic acids is 1. The first-order chi connectivity index (χ1) is 17.0. The van der Waals surface area contributed by atoms with Crippen molar-refractivity contribution in [2.45, 2.75) is 4.90 Å². The quantitative estimate of drug-likeness (QED) is 0.463. The predicted octanol–water partition coefficient (Wildman–Crippen LogP) is 4.26. The molecule has 2 aliphatic heterocycles. The highest BCUT2D eigenvalue weighted by atomic mass is 32.2. The van der Waals surface area contributed by atoms with E-state index in [0.29, 0.717) is 28.3 Å². The normalized spacial score (nSPS) is 15.7. The van der Waals surface area contributed by atoms with Crippen LogP contribution in [0.5, 0.6) is 11.5 Å². The summed E-state index contributed by atoms with van der Waals surface area (Å²) in [5.41, 5.74) is 1.43. The molecule has 0 saturated carbocycles. The predicted molar refractivity (Wildman–Crippen MR) is 128 cm³/mol. The van der Waals surface area contributed by atoms with Crippen LogP contribution in [0.3, 0.4) is 0 Å². The number of ether oxygens (including phenoxy) is 2. The topological polar surface area (TPSA) is 98.1 Å². The number of carbonyl (C=O) groups is 1. The summed E-state index contributed by atoms with van der Waals surface area (Å²) in [5, 5.41) is 10.4. The van der Waals surface area contributed by atoms with Crippen molar-refractivity contribution in [2.75, 3.05) is 11.1 Å². The highest BCUT2D eigenvalue weighted by Crippen LogP contribution is 2.46. The van der Waals surface area contributed by atoms with Gasteiger partial charge in [0.2, 0.25) is 6.79 Å². The van der Waals surface area contributed by atoms with E-state index >= 15 is 0 Å². The summed E-state index contributed by atoms with van der Waals surface area (Å²) in [6.07, 6.45) is 3.54. The van der Waals surface area contributed by atoms with Crippen LogP contribution in [0.15, 0.2) is 102 Å². The Bertz CT molecular complexity index is 1620. The van der Waals surface area contributed by atoms with Gasteiger partial charge >= 0.3 is 5.97 Å². The minimum Gasteiger partial charge on any atom is -0.477 e. The van der Waals surface area contributed by atoms with Crippen molar-refractivity contribution in [2.24, 2.45) is 0 Å². The van der Waals surface area contributed by atoms with Gasteiger partial charge in [0.15, 0.2) is 17.2 Å². The molecule has 35 heavy (non-hydrogen) atoms. The van der Waals surface area contributed by atoms with E-state index in [9.17, 15) is 18.3 Å². The molecule has 8 nitrogen and oxygen atoms in total. The summed E-state index contributed by atoms with van der Waals surface area (Å²) >= 11 is 0. The van der Waals surface area contributed by atoms with Crippen LogP contribution in [0.25, 0.3) is 11.3 Å². The Hall–Kier alpha value is -4.50. The van der Waals surface area contributed by atoms with Gasteiger partial charge in [-0.15, -0.1) is 0 Å². The van der Waals surface area contributed by atoms with Crippen LogP contribution in [-0.4, -0.2) is 30.9 Å². The van der Waals surface area contributed by atoms with E-state index in [0.717, 1.165) is 4.31 Å². The largest absolute Gasteiger partial charge is 0.477 e. The Kier molecular flexibility index (Phi) is 4.68. The van der Waals surface area contributed by atoms with Crippen LogP contribution >= 0.6 is 0 Å². The van der Waals surface area contributed by atoms with Gasteiger partial charge in [0, 0.05) is 23.5 Å². The molecule has 6 rings (SSSR count). The van der Waals surface area contributed by atoms with Crippen LogP contribution in [0.2, 0.25) is 0 Å². The first-order valence-electron chi connectivity index (χ1n) is 10.7. The lowest BCUT2D eigenvalue weighted by Crippen LogP contribution is -2.38. The number of hydrogen-bond acceptors (Lipinski definition) is 5. The number of carboxylic acid groups (broad SMARTS) is 1. The molecule has 0 fully saturated rings. The second-order valence-corrected chi connectivity index (χ2v) is 9.70. The Morgan fingerprint density at radius 3 is 2.29 bits per heavy atom. The third kappa shape index (κ3) is 3.20. The first-order valence-corrected chi connectivity index (χ1v) is 12.2. The van der Waals surface area contributed by atoms with Gasteiger partial charge in [-0.25, -0.2) is 17.5 Å². The maximum absolute atomic E-state index is 14.0. The van der Waals surface area contributed by atoms with Gasteiger partial charge in [0.25, 0.3) is 10.0 Å². The molecule has 1 aromatic heterocycles. The number of aromatic nitrogens is 1. The Morgan fingerprint density at radius 2 is 1.51 bits per heavy atom. The van der Waals surface area contributed by atoms with Gasteiger partial charge in [-0.2, -0.15) is 0 Å². The average molecular weight is 487 g/mol. The molecule has 0 aliphatic carbocycles. The molecule has 0 saturated heterocycles. The Morgan fingerprint density at radius 1 is 0.829 bits per heavy atom. The number of hydrogen-bond donors (Lipinski definition) is 1. The van der Waals surface area contributed by atoms with Crippen molar-refractivity contribution in [3.63, 3.8) is 0 Å². The average Bonchev–Trinajstić information content (AvgIpc) is 3.56. The molecular formula is C26H18N2O6S. The fourth-order valence-electron chi connectivity index (χ4n) is 4.48. The number of anilines is 1. The molecule has 0 radical (unpaired) electrons. The number of carboxylic acids is 1. The van der Waals surface area contributed by atoms with Gasteiger partial charge in [-0.1, -0.05) is 36.4 Å². The van der Waals surface area contributed by atoms with Crippen molar-refractivity contribution >= 4 is 27.3 Å². The molecule has 3 heterocycles. The maximum Gasteiger partial charge on any atom is 0.354 e. The summed E-state index contributed by atoms with van der Waals surface area (Å²) in [4.78, 5) is 12.8. The van der Waals surface area contributed by atoms with Gasteiger partial charge < -0.3 is 19.1 Å². The molecule has 174 valence electrons. The maximum atomic E-state index is 14.0. The molecule has 2 aliphatic rings. The van der Waals surface area contributed by atoms with E-state index in [2.05, 4.69) is 0 Å². The third-order valence-electron chi connectivity index (χ3n) is 5.96. The van der Waals surface area contributed by atoms with E-state index in [1.807, 2.05) is 12.1 Å². The zero-order chi connectivity index (χ0) is 24.2. The number of benzene rings is 3. The van der Waals surface area contributed by atoms with Crippen LogP contribution < -0.4 is 13.8 Å². The van der Waals surface area contributed by atoms with Gasteiger partial charge in [0.05, 0.1) is 16.3 Å². The monoisotopic (exact) mass is 486 g/mol. The number of para-hydroxylation sites is 2. The summed E-state index contributed by atoms with van der Waals surface area (Å²) in [6.45, 7) is 0.0605. The molecule has 0 atom stereocenters. The minimum absolute atomic E-state index is 0.0139. The zero-order valence-electron chi connectivity index (χ0n) is 18.2. The molecule has 0 unspecified atom stereocenters. The van der Waals surface area contributed by atoms with E-state index in [-0.39, 0.29) is 28.6 Å². The van der Waals surface area contributed by atoms with E-state index in [4.69, 9.17) is 9.47 Å². The smallest absolute Gasteiger partial charge is 0.354 e. The Balaban J connectivity index is 1.71. The summed E-state index contributed by atoms with van der Waals surface area (Å²) in [7, 11) is -4.27. The van der Waals surface area contributed by atoms with E-state index < -0.39 is 16.0 Å². The minimum atomic E-state index is -4.27. The molecule has 1 N–H and O–H groups in total. The Labute approximate surface area is 200 Å². The molecule has 4 aromatic rings. The summed E-state index contributed by atoms with van der Waals surface area (Å²) in [6, 6.07) is 21.9. The van der Waals surface area contributed by atoms with Gasteiger partial charge in [-0.05, 0) is 48.0 Å². The molecule has 0 spiro atoms. The van der Waals surface area contributed by atoms with Gasteiger partial charge in [-0.3, -0.25) is 0 Å². The summed E-state index contributed by atoms with van der Waals surface area (Å²) < 4.78 is 41.5. The summed E-state index contributed by atoms with van der Waals surface area (Å²) in [5.74, 6) is -0.374. The number of rotatable bonds is 4. The number of sulfonamides is 1. The SMILES string of the molecule is O=C(O)C1=C(c2ccc3c(c2)OCO3)c2ccccc2S(=O)(=O)N1c1ccccc1-n1cccc1. The molecule has 3 aromatic carbocycles. The number of nitrogens with zero attached hydrogens (tertiary/aromatic N) is 2. The fraction of sp³-hybridized carbons (Fsp3) is 0.0385. The lowest BCUT2D eigenvalue weighted by atomic mass is 9.94. The van der Waals surface area contributed by atoms with E-state index in [1.165, 1.54) is 6.07 Å². The lowest BCUT2D eigenvalue weighted by Gasteiger charge is -2.33. The fourth-order valence-corrected chi connectivity index (χ4v) is 6.20. The van der Waals surface area contributed by atoms with Crippen molar-refractivity contribution in [1.82, 2.24) is 4.57 Å². The number of fused-ring (bicyclic) bond motifs is 2.